The fourth-order valence-corrected chi connectivity index (χ4v) is 1.76. The number of aromatic nitrogens is 2. The summed E-state index contributed by atoms with van der Waals surface area (Å²) < 4.78 is 37.9. The highest BCUT2D eigenvalue weighted by Gasteiger charge is 2.33. The van der Waals surface area contributed by atoms with Gasteiger partial charge in [-0.1, -0.05) is 0 Å². The Balaban J connectivity index is 2.05. The van der Waals surface area contributed by atoms with Crippen molar-refractivity contribution in [3.63, 3.8) is 0 Å². The van der Waals surface area contributed by atoms with E-state index in [2.05, 4.69) is 15.3 Å². The van der Waals surface area contributed by atoms with Gasteiger partial charge in [0.1, 0.15) is 0 Å². The Morgan fingerprint density at radius 2 is 2.15 bits per heavy atom. The van der Waals surface area contributed by atoms with Crippen LogP contribution in [0.15, 0.2) is 30.7 Å². The highest BCUT2D eigenvalue weighted by molar-refractivity contribution is 5.53. The molecule has 104 valence electrons. The number of nitrogens with one attached hydrogen (secondary N) is 2. The molecule has 2 rings (SSSR count). The largest absolute Gasteiger partial charge is 0.417 e. The van der Waals surface area contributed by atoms with E-state index in [-0.39, 0.29) is 5.56 Å². The van der Waals surface area contributed by atoms with E-state index in [4.69, 9.17) is 5.26 Å². The predicted octanol–water partition coefficient (Wildman–Crippen LogP) is 2.95. The van der Waals surface area contributed by atoms with Crippen LogP contribution in [-0.2, 0) is 12.6 Å². The molecular weight excluding hydrogens is 269 g/mol. The minimum atomic E-state index is -4.51. The second kappa shape index (κ2) is 5.65. The highest BCUT2D eigenvalue weighted by Crippen LogP contribution is 2.32. The Hall–Kier alpha value is -2.49. The van der Waals surface area contributed by atoms with Gasteiger partial charge in [0.2, 0.25) is 0 Å². The number of hydrogen-bond acceptors (Lipinski definition) is 3. The van der Waals surface area contributed by atoms with E-state index in [9.17, 15) is 13.2 Å². The van der Waals surface area contributed by atoms with Crippen molar-refractivity contribution in [1.29, 1.82) is 5.26 Å². The van der Waals surface area contributed by atoms with Gasteiger partial charge in [0.05, 0.1) is 23.5 Å². The van der Waals surface area contributed by atoms with Crippen molar-refractivity contribution in [2.75, 3.05) is 11.9 Å². The number of H-pyrrole nitrogens is 1. The molecule has 0 aliphatic heterocycles. The van der Waals surface area contributed by atoms with Crippen LogP contribution in [0.3, 0.4) is 0 Å². The van der Waals surface area contributed by atoms with Gasteiger partial charge in [-0.25, -0.2) is 4.98 Å². The molecule has 1 heterocycles. The molecule has 0 unspecified atom stereocenters. The summed E-state index contributed by atoms with van der Waals surface area (Å²) in [4.78, 5) is 6.79. The lowest BCUT2D eigenvalue weighted by Crippen LogP contribution is -2.10. The third-order valence-corrected chi connectivity index (χ3v) is 2.72. The second-order valence-electron chi connectivity index (χ2n) is 4.12. The molecule has 1 aromatic carbocycles. The first-order chi connectivity index (χ1) is 9.50. The number of aromatic amines is 1. The number of halogens is 3. The summed E-state index contributed by atoms with van der Waals surface area (Å²) in [5.74, 6) is 0. The molecule has 0 spiro atoms. The predicted molar refractivity (Wildman–Crippen MR) is 66.9 cm³/mol. The van der Waals surface area contributed by atoms with E-state index in [1.807, 2.05) is 0 Å². The Morgan fingerprint density at radius 1 is 1.35 bits per heavy atom. The van der Waals surface area contributed by atoms with Crippen molar-refractivity contribution >= 4 is 5.69 Å². The zero-order valence-corrected chi connectivity index (χ0v) is 10.3. The maximum absolute atomic E-state index is 12.6. The van der Waals surface area contributed by atoms with Crippen molar-refractivity contribution in [1.82, 2.24) is 9.97 Å². The van der Waals surface area contributed by atoms with Gasteiger partial charge in [-0.3, -0.25) is 0 Å². The smallest absolute Gasteiger partial charge is 0.385 e. The first-order valence-electron chi connectivity index (χ1n) is 5.83. The third-order valence-electron chi connectivity index (χ3n) is 2.72. The molecule has 0 bridgehead atoms. The van der Waals surface area contributed by atoms with Crippen LogP contribution in [0.2, 0.25) is 0 Å². The Kier molecular flexibility index (Phi) is 3.94. The number of nitrogens with zero attached hydrogens (tertiary/aromatic N) is 2. The van der Waals surface area contributed by atoms with E-state index in [0.717, 1.165) is 11.8 Å². The molecule has 2 aromatic rings. The van der Waals surface area contributed by atoms with Crippen molar-refractivity contribution < 1.29 is 13.2 Å². The molecule has 0 atom stereocenters. The Morgan fingerprint density at radius 3 is 2.75 bits per heavy atom. The zero-order valence-electron chi connectivity index (χ0n) is 10.3. The molecule has 0 fully saturated rings. The number of hydrogen-bond donors (Lipinski definition) is 2. The number of anilines is 1. The summed E-state index contributed by atoms with van der Waals surface area (Å²) in [6, 6.07) is 5.00. The number of rotatable bonds is 4. The van der Waals surface area contributed by atoms with E-state index in [1.165, 1.54) is 12.1 Å². The molecule has 1 aromatic heterocycles. The summed E-state index contributed by atoms with van der Waals surface area (Å²) in [6.07, 6.45) is -0.626. The van der Waals surface area contributed by atoms with Gasteiger partial charge in [0, 0.05) is 30.5 Å². The second-order valence-corrected chi connectivity index (χ2v) is 4.12. The first-order valence-corrected chi connectivity index (χ1v) is 5.83. The van der Waals surface area contributed by atoms with Gasteiger partial charge in [-0.05, 0) is 18.2 Å². The molecule has 4 nitrogen and oxygen atoms in total. The normalized spacial score (nSPS) is 11.1. The summed E-state index contributed by atoms with van der Waals surface area (Å²) in [6.45, 7) is 0.526. The van der Waals surface area contributed by atoms with Gasteiger partial charge in [0.25, 0.3) is 0 Å². The lowest BCUT2D eigenvalue weighted by Gasteiger charge is -2.11. The Bertz CT molecular complexity index is 612. The van der Waals surface area contributed by atoms with Crippen molar-refractivity contribution in [2.24, 2.45) is 0 Å². The molecule has 0 amide bonds. The molecule has 7 heteroatoms. The van der Waals surface area contributed by atoms with Crippen LogP contribution in [0, 0.1) is 11.3 Å². The van der Waals surface area contributed by atoms with Crippen LogP contribution in [0.1, 0.15) is 16.8 Å². The third kappa shape index (κ3) is 3.29. The van der Waals surface area contributed by atoms with Crippen molar-refractivity contribution in [2.45, 2.75) is 12.6 Å². The van der Waals surface area contributed by atoms with Crippen LogP contribution in [0.5, 0.6) is 0 Å². The highest BCUT2D eigenvalue weighted by atomic mass is 19.4. The van der Waals surface area contributed by atoms with Gasteiger partial charge < -0.3 is 10.3 Å². The first kappa shape index (κ1) is 13.9. The van der Waals surface area contributed by atoms with Gasteiger partial charge in [-0.15, -0.1) is 0 Å². The van der Waals surface area contributed by atoms with Crippen LogP contribution >= 0.6 is 0 Å². The summed E-state index contributed by atoms with van der Waals surface area (Å²) in [5, 5.41) is 11.8. The SMILES string of the molecule is N#Cc1cc(NCCc2cnc[nH]2)ccc1C(F)(F)F. The van der Waals surface area contributed by atoms with Gasteiger partial charge in [-0.2, -0.15) is 18.4 Å². The molecule has 0 aliphatic rings. The average molecular weight is 280 g/mol. The van der Waals surface area contributed by atoms with E-state index in [1.54, 1.807) is 18.6 Å². The monoisotopic (exact) mass is 280 g/mol. The van der Waals surface area contributed by atoms with E-state index < -0.39 is 11.7 Å². The standard InChI is InChI=1S/C13H11F3N4/c14-13(15,16)12-2-1-10(5-9(12)6-17)19-4-3-11-7-18-8-20-11/h1-2,5,7-8,19H,3-4H2,(H,18,20). The zero-order chi connectivity index (χ0) is 14.6. The fourth-order valence-electron chi connectivity index (χ4n) is 1.76. The summed E-state index contributed by atoms with van der Waals surface area (Å²) in [7, 11) is 0. The van der Waals surface area contributed by atoms with Crippen LogP contribution in [0.4, 0.5) is 18.9 Å². The van der Waals surface area contributed by atoms with Crippen molar-refractivity contribution in [3.8, 4) is 6.07 Å². The summed E-state index contributed by atoms with van der Waals surface area (Å²) >= 11 is 0. The molecule has 20 heavy (non-hydrogen) atoms. The lowest BCUT2D eigenvalue weighted by atomic mass is 10.1. The quantitative estimate of drug-likeness (QED) is 0.905. The van der Waals surface area contributed by atoms with Gasteiger partial charge in [0.15, 0.2) is 0 Å². The van der Waals surface area contributed by atoms with Crippen LogP contribution in [0.25, 0.3) is 0 Å². The molecule has 0 saturated heterocycles. The maximum Gasteiger partial charge on any atom is 0.417 e. The molecular formula is C13H11F3N4. The number of nitriles is 1. The van der Waals surface area contributed by atoms with Crippen molar-refractivity contribution in [3.05, 3.63) is 47.5 Å². The molecule has 0 radical (unpaired) electrons. The number of alkyl halides is 3. The van der Waals surface area contributed by atoms with Crippen LogP contribution < -0.4 is 5.32 Å². The van der Waals surface area contributed by atoms with Crippen LogP contribution in [-0.4, -0.2) is 16.5 Å². The average Bonchev–Trinajstić information content (AvgIpc) is 2.90. The van der Waals surface area contributed by atoms with E-state index >= 15 is 0 Å². The molecule has 0 aliphatic carbocycles. The summed E-state index contributed by atoms with van der Waals surface area (Å²) in [5.41, 5.74) is 0.0992. The fraction of sp³-hybridized carbons (Fsp3) is 0.231. The minimum Gasteiger partial charge on any atom is -0.385 e. The Labute approximate surface area is 113 Å². The lowest BCUT2D eigenvalue weighted by molar-refractivity contribution is -0.137. The number of imidazole rings is 1. The molecule has 0 saturated carbocycles. The number of benzene rings is 1. The van der Waals surface area contributed by atoms with E-state index in [0.29, 0.717) is 18.7 Å². The molecule has 2 N–H and O–H groups in total. The maximum atomic E-state index is 12.6. The van der Waals surface area contributed by atoms with Gasteiger partial charge >= 0.3 is 6.18 Å². The topological polar surface area (TPSA) is 64.5 Å². The minimum absolute atomic E-state index is 0.385.